The number of pyridine rings is 2. The second-order valence-electron chi connectivity index (χ2n) is 5.16. The fourth-order valence-electron chi connectivity index (χ4n) is 2.16. The van der Waals surface area contributed by atoms with E-state index in [9.17, 15) is 9.59 Å². The number of anilines is 1. The van der Waals surface area contributed by atoms with Gasteiger partial charge in [0.05, 0.1) is 0 Å². The Balaban J connectivity index is 1.75. The first-order valence-corrected chi connectivity index (χ1v) is 7.30. The molecule has 2 N–H and O–H groups in total. The first-order chi connectivity index (χ1) is 11.6. The summed E-state index contributed by atoms with van der Waals surface area (Å²) in [5, 5.41) is 2.76. The van der Waals surface area contributed by atoms with E-state index in [1.807, 2.05) is 13.0 Å². The monoisotopic (exact) mass is 321 g/mol. The van der Waals surface area contributed by atoms with Crippen molar-refractivity contribution in [2.45, 2.75) is 6.92 Å². The maximum Gasteiger partial charge on any atom is 0.255 e. The molecule has 6 heteroatoms. The summed E-state index contributed by atoms with van der Waals surface area (Å²) in [5.41, 5.74) is 1.48. The molecule has 0 unspecified atom stereocenters. The average Bonchev–Trinajstić information content (AvgIpc) is 2.58. The van der Waals surface area contributed by atoms with Crippen molar-refractivity contribution >= 4 is 11.6 Å². The number of carbonyl (C=O) groups excluding carboxylic acids is 1. The topological polar surface area (TPSA) is 84.1 Å². The van der Waals surface area contributed by atoms with Gasteiger partial charge >= 0.3 is 0 Å². The molecule has 2 heterocycles. The Hall–Kier alpha value is -3.41. The third-order valence-electron chi connectivity index (χ3n) is 3.35. The fourth-order valence-corrected chi connectivity index (χ4v) is 2.16. The number of aromatic nitrogens is 2. The van der Waals surface area contributed by atoms with Gasteiger partial charge in [-0.2, -0.15) is 0 Å². The number of carbonyl (C=O) groups is 1. The van der Waals surface area contributed by atoms with Crippen molar-refractivity contribution in [1.29, 1.82) is 0 Å². The Bertz CT molecular complexity index is 920. The molecule has 0 aliphatic carbocycles. The van der Waals surface area contributed by atoms with E-state index in [0.717, 1.165) is 5.56 Å². The molecule has 6 nitrogen and oxygen atoms in total. The highest BCUT2D eigenvalue weighted by Crippen LogP contribution is 2.27. The van der Waals surface area contributed by atoms with Crippen LogP contribution in [0.15, 0.2) is 65.8 Å². The van der Waals surface area contributed by atoms with Crippen molar-refractivity contribution in [2.75, 3.05) is 5.32 Å². The Morgan fingerprint density at radius 2 is 1.92 bits per heavy atom. The van der Waals surface area contributed by atoms with Crippen LogP contribution in [0.5, 0.6) is 11.5 Å². The third kappa shape index (κ3) is 3.67. The molecule has 3 aromatic rings. The molecule has 2 aromatic heterocycles. The summed E-state index contributed by atoms with van der Waals surface area (Å²) in [7, 11) is 0. The molecule has 1 amide bonds. The maximum atomic E-state index is 12.2. The van der Waals surface area contributed by atoms with Gasteiger partial charge < -0.3 is 15.0 Å². The number of rotatable bonds is 4. The van der Waals surface area contributed by atoms with Crippen LogP contribution in [0.4, 0.5) is 5.69 Å². The molecular weight excluding hydrogens is 306 g/mol. The number of H-pyrrole nitrogens is 1. The van der Waals surface area contributed by atoms with Crippen molar-refractivity contribution in [3.63, 3.8) is 0 Å². The minimum Gasteiger partial charge on any atom is -0.457 e. The molecule has 0 saturated carbocycles. The summed E-state index contributed by atoms with van der Waals surface area (Å²) in [6.07, 6.45) is 4.75. The lowest BCUT2D eigenvalue weighted by Crippen LogP contribution is -2.15. The zero-order valence-corrected chi connectivity index (χ0v) is 12.9. The molecule has 1 aromatic carbocycles. The van der Waals surface area contributed by atoms with E-state index in [4.69, 9.17) is 4.74 Å². The van der Waals surface area contributed by atoms with Gasteiger partial charge in [0.1, 0.15) is 11.5 Å². The largest absolute Gasteiger partial charge is 0.457 e. The molecule has 24 heavy (non-hydrogen) atoms. The molecule has 120 valence electrons. The van der Waals surface area contributed by atoms with Gasteiger partial charge in [-0.05, 0) is 48.9 Å². The van der Waals surface area contributed by atoms with Crippen molar-refractivity contribution < 1.29 is 9.53 Å². The van der Waals surface area contributed by atoms with Crippen molar-refractivity contribution in [1.82, 2.24) is 9.97 Å². The quantitative estimate of drug-likeness (QED) is 0.773. The van der Waals surface area contributed by atoms with Gasteiger partial charge in [-0.25, -0.2) is 0 Å². The van der Waals surface area contributed by atoms with Gasteiger partial charge in [0.2, 0.25) is 5.56 Å². The molecule has 0 radical (unpaired) electrons. The molecule has 0 fully saturated rings. The standard InChI is InChI=1S/C18H15N3O3/c1-12-10-14(21-18(23)13-4-9-20-17(22)11-13)2-3-16(12)24-15-5-7-19-8-6-15/h2-11H,1H3,(H,20,22)(H,21,23). The van der Waals surface area contributed by atoms with Crippen LogP contribution >= 0.6 is 0 Å². The number of hydrogen-bond donors (Lipinski definition) is 2. The van der Waals surface area contributed by atoms with E-state index >= 15 is 0 Å². The van der Waals surface area contributed by atoms with Gasteiger partial charge in [-0.3, -0.25) is 14.6 Å². The summed E-state index contributed by atoms with van der Waals surface area (Å²) in [6.45, 7) is 1.89. The van der Waals surface area contributed by atoms with E-state index in [1.54, 1.807) is 42.7 Å². The van der Waals surface area contributed by atoms with Crippen LogP contribution in [-0.2, 0) is 0 Å². The first-order valence-electron chi connectivity index (χ1n) is 7.30. The molecule has 0 saturated heterocycles. The molecule has 0 bridgehead atoms. The number of benzene rings is 1. The predicted octanol–water partition coefficient (Wildman–Crippen LogP) is 3.12. The van der Waals surface area contributed by atoms with Crippen LogP contribution in [-0.4, -0.2) is 15.9 Å². The van der Waals surface area contributed by atoms with Crippen molar-refractivity contribution in [3.05, 3.63) is 82.5 Å². The Morgan fingerprint density at radius 3 is 2.62 bits per heavy atom. The fraction of sp³-hybridized carbons (Fsp3) is 0.0556. The number of ether oxygens (including phenoxy) is 1. The van der Waals surface area contributed by atoms with E-state index in [2.05, 4.69) is 15.3 Å². The first kappa shape index (κ1) is 15.5. The highest BCUT2D eigenvalue weighted by molar-refractivity contribution is 6.04. The van der Waals surface area contributed by atoms with Crippen LogP contribution < -0.4 is 15.6 Å². The zero-order valence-electron chi connectivity index (χ0n) is 12.9. The lowest BCUT2D eigenvalue weighted by atomic mass is 10.2. The summed E-state index contributed by atoms with van der Waals surface area (Å²) < 4.78 is 5.77. The van der Waals surface area contributed by atoms with E-state index in [-0.39, 0.29) is 11.5 Å². The lowest BCUT2D eigenvalue weighted by molar-refractivity contribution is 0.102. The minimum absolute atomic E-state index is 0.300. The third-order valence-corrected chi connectivity index (χ3v) is 3.35. The molecule has 0 atom stereocenters. The second kappa shape index (κ2) is 6.78. The zero-order chi connectivity index (χ0) is 16.9. The number of aryl methyl sites for hydroxylation is 1. The number of aromatic amines is 1. The normalized spacial score (nSPS) is 10.2. The maximum absolute atomic E-state index is 12.2. The minimum atomic E-state index is -0.344. The number of nitrogens with zero attached hydrogens (tertiary/aromatic N) is 1. The SMILES string of the molecule is Cc1cc(NC(=O)c2cc[nH]c(=O)c2)ccc1Oc1ccncc1. The Morgan fingerprint density at radius 1 is 1.12 bits per heavy atom. The van der Waals surface area contributed by atoms with Gasteiger partial charge in [-0.1, -0.05) is 0 Å². The molecule has 0 aliphatic rings. The average molecular weight is 321 g/mol. The summed E-state index contributed by atoms with van der Waals surface area (Å²) >= 11 is 0. The summed E-state index contributed by atoms with van der Waals surface area (Å²) in [4.78, 5) is 29.8. The molecule has 3 rings (SSSR count). The second-order valence-corrected chi connectivity index (χ2v) is 5.16. The molecular formula is C18H15N3O3. The predicted molar refractivity (Wildman–Crippen MR) is 90.5 cm³/mol. The van der Waals surface area contributed by atoms with Gasteiger partial charge in [0.15, 0.2) is 0 Å². The van der Waals surface area contributed by atoms with Crippen molar-refractivity contribution in [2.24, 2.45) is 0 Å². The van der Waals surface area contributed by atoms with E-state index in [1.165, 1.54) is 12.3 Å². The Kier molecular flexibility index (Phi) is 4.38. The van der Waals surface area contributed by atoms with E-state index in [0.29, 0.717) is 22.7 Å². The van der Waals surface area contributed by atoms with Crippen molar-refractivity contribution in [3.8, 4) is 11.5 Å². The van der Waals surface area contributed by atoms with Gasteiger partial charge in [-0.15, -0.1) is 0 Å². The van der Waals surface area contributed by atoms with Gasteiger partial charge in [0.25, 0.3) is 5.91 Å². The molecule has 0 spiro atoms. The van der Waals surface area contributed by atoms with Crippen LogP contribution in [0.25, 0.3) is 0 Å². The molecule has 0 aliphatic heterocycles. The van der Waals surface area contributed by atoms with Crippen LogP contribution in [0, 0.1) is 6.92 Å². The lowest BCUT2D eigenvalue weighted by Gasteiger charge is -2.11. The highest BCUT2D eigenvalue weighted by atomic mass is 16.5. The smallest absolute Gasteiger partial charge is 0.255 e. The number of amides is 1. The van der Waals surface area contributed by atoms with Crippen LogP contribution in [0.1, 0.15) is 15.9 Å². The summed E-state index contributed by atoms with van der Waals surface area (Å²) in [5.74, 6) is 1.03. The van der Waals surface area contributed by atoms with Crippen LogP contribution in [0.3, 0.4) is 0 Å². The Labute approximate surface area is 138 Å². The number of nitrogens with one attached hydrogen (secondary N) is 2. The van der Waals surface area contributed by atoms with E-state index < -0.39 is 0 Å². The summed E-state index contributed by atoms with van der Waals surface area (Å²) in [6, 6.07) is 11.7. The van der Waals surface area contributed by atoms with Gasteiger partial charge in [0, 0.05) is 35.9 Å². The highest BCUT2D eigenvalue weighted by Gasteiger charge is 2.08. The number of hydrogen-bond acceptors (Lipinski definition) is 4. The van der Waals surface area contributed by atoms with Crippen LogP contribution in [0.2, 0.25) is 0 Å².